The van der Waals surface area contributed by atoms with Gasteiger partial charge >= 0.3 is 0 Å². The topological polar surface area (TPSA) is 76.4 Å². The third kappa shape index (κ3) is 2.04. The number of aromatic nitrogens is 2. The minimum absolute atomic E-state index is 0.123. The van der Waals surface area contributed by atoms with Crippen LogP contribution in [0.15, 0.2) is 35.7 Å². The van der Waals surface area contributed by atoms with Gasteiger partial charge in [-0.1, -0.05) is 12.1 Å². The number of hydrogen-bond acceptors (Lipinski definition) is 3. The van der Waals surface area contributed by atoms with Gasteiger partial charge < -0.3 is 15.5 Å². The van der Waals surface area contributed by atoms with E-state index < -0.39 is 5.82 Å². The fourth-order valence-corrected chi connectivity index (χ4v) is 1.73. The lowest BCUT2D eigenvalue weighted by Crippen LogP contribution is -2.14. The summed E-state index contributed by atoms with van der Waals surface area (Å²) in [6.07, 6.45) is 4.02. The summed E-state index contributed by atoms with van der Waals surface area (Å²) < 4.78 is 15.7. The maximum Gasteiger partial charge on any atom is 0.170 e. The summed E-state index contributed by atoms with van der Waals surface area (Å²) in [5, 5.41) is 11.4. The first-order valence-electron chi connectivity index (χ1n) is 5.47. The molecule has 0 saturated carbocycles. The molecule has 0 spiro atoms. The van der Waals surface area contributed by atoms with Crippen LogP contribution in [-0.4, -0.2) is 20.6 Å². The predicted molar refractivity (Wildman–Crippen MR) is 65.4 cm³/mol. The van der Waals surface area contributed by atoms with E-state index in [-0.39, 0.29) is 5.84 Å². The first-order chi connectivity index (χ1) is 8.67. The average Bonchev–Trinajstić information content (AvgIpc) is 2.85. The molecule has 0 bridgehead atoms. The quantitative estimate of drug-likeness (QED) is 0.375. The first-order valence-corrected chi connectivity index (χ1v) is 5.47. The Morgan fingerprint density at radius 1 is 1.56 bits per heavy atom. The predicted octanol–water partition coefficient (Wildman–Crippen LogP) is 1.67. The van der Waals surface area contributed by atoms with Gasteiger partial charge in [0.05, 0.1) is 5.69 Å². The van der Waals surface area contributed by atoms with E-state index in [2.05, 4.69) is 10.1 Å². The van der Waals surface area contributed by atoms with Crippen LogP contribution in [-0.2, 0) is 6.42 Å². The molecule has 18 heavy (non-hydrogen) atoms. The molecular weight excluding hydrogens is 235 g/mol. The summed E-state index contributed by atoms with van der Waals surface area (Å²) in [6.45, 7) is 1.95. The van der Waals surface area contributed by atoms with E-state index in [0.29, 0.717) is 17.7 Å². The molecule has 2 rings (SSSR count). The molecule has 94 valence electrons. The van der Waals surface area contributed by atoms with E-state index in [1.165, 1.54) is 6.07 Å². The number of nitrogens with two attached hydrogens (primary N) is 1. The van der Waals surface area contributed by atoms with Crippen molar-refractivity contribution in [1.29, 1.82) is 0 Å². The number of aryl methyl sites for hydroxylation is 1. The Hall–Kier alpha value is -2.37. The highest BCUT2D eigenvalue weighted by Crippen LogP contribution is 2.17. The fraction of sp³-hybridized carbons (Fsp3) is 0.167. The van der Waals surface area contributed by atoms with Gasteiger partial charge in [-0.2, -0.15) is 0 Å². The van der Waals surface area contributed by atoms with Crippen LogP contribution < -0.4 is 5.73 Å². The van der Waals surface area contributed by atoms with E-state index in [1.807, 2.05) is 6.92 Å². The van der Waals surface area contributed by atoms with Crippen molar-refractivity contribution in [1.82, 2.24) is 9.55 Å². The number of oxime groups is 1. The van der Waals surface area contributed by atoms with Gasteiger partial charge in [0.15, 0.2) is 5.84 Å². The minimum Gasteiger partial charge on any atom is -0.409 e. The molecule has 1 aromatic carbocycles. The van der Waals surface area contributed by atoms with E-state index in [4.69, 9.17) is 10.9 Å². The summed E-state index contributed by atoms with van der Waals surface area (Å²) in [4.78, 5) is 4.13. The monoisotopic (exact) mass is 248 g/mol. The van der Waals surface area contributed by atoms with Crippen LogP contribution in [0, 0.1) is 5.82 Å². The minimum atomic E-state index is -0.452. The molecular formula is C12H13FN4O. The second-order valence-corrected chi connectivity index (χ2v) is 3.72. The third-order valence-electron chi connectivity index (χ3n) is 2.64. The van der Waals surface area contributed by atoms with Crippen LogP contribution in [0.25, 0.3) is 5.69 Å². The number of benzene rings is 1. The maximum atomic E-state index is 14.0. The number of amidine groups is 1. The van der Waals surface area contributed by atoms with E-state index >= 15 is 0 Å². The van der Waals surface area contributed by atoms with Crippen LogP contribution in [0.1, 0.15) is 18.3 Å². The molecule has 6 heteroatoms. The van der Waals surface area contributed by atoms with Crippen molar-refractivity contribution in [3.63, 3.8) is 0 Å². The molecule has 0 aliphatic carbocycles. The second kappa shape index (κ2) is 4.87. The van der Waals surface area contributed by atoms with Crippen LogP contribution in [0.4, 0.5) is 4.39 Å². The summed E-state index contributed by atoms with van der Waals surface area (Å²) in [7, 11) is 0. The summed E-state index contributed by atoms with van der Waals surface area (Å²) in [5.74, 6) is 0.194. The average molecular weight is 248 g/mol. The molecule has 5 nitrogen and oxygen atoms in total. The largest absolute Gasteiger partial charge is 0.409 e. The number of hydrogen-bond donors (Lipinski definition) is 2. The molecule has 1 aromatic heterocycles. The molecule has 0 aliphatic rings. The fourth-order valence-electron chi connectivity index (χ4n) is 1.73. The summed E-state index contributed by atoms with van der Waals surface area (Å²) >= 11 is 0. The van der Waals surface area contributed by atoms with E-state index in [1.54, 1.807) is 29.1 Å². The van der Waals surface area contributed by atoms with Gasteiger partial charge in [0, 0.05) is 24.4 Å². The second-order valence-electron chi connectivity index (χ2n) is 3.72. The Morgan fingerprint density at radius 2 is 2.33 bits per heavy atom. The van der Waals surface area contributed by atoms with Gasteiger partial charge in [-0.3, -0.25) is 0 Å². The van der Waals surface area contributed by atoms with Crippen molar-refractivity contribution in [2.45, 2.75) is 13.3 Å². The number of nitrogens with zero attached hydrogens (tertiary/aromatic N) is 3. The van der Waals surface area contributed by atoms with Crippen molar-refractivity contribution in [2.75, 3.05) is 0 Å². The summed E-state index contributed by atoms with van der Waals surface area (Å²) in [5.41, 5.74) is 6.12. The molecule has 0 unspecified atom stereocenters. The number of halogens is 1. The zero-order valence-corrected chi connectivity index (χ0v) is 9.84. The SMILES string of the molecule is CCc1nccn1-c1ccc(C(N)=NO)cc1F. The number of imidazole rings is 1. The van der Waals surface area contributed by atoms with Crippen molar-refractivity contribution < 1.29 is 9.60 Å². The summed E-state index contributed by atoms with van der Waals surface area (Å²) in [6, 6.07) is 4.39. The Morgan fingerprint density at radius 3 is 2.94 bits per heavy atom. The molecule has 0 fully saturated rings. The smallest absolute Gasteiger partial charge is 0.170 e. The Kier molecular flexibility index (Phi) is 3.27. The van der Waals surface area contributed by atoms with Crippen molar-refractivity contribution in [3.8, 4) is 5.69 Å². The van der Waals surface area contributed by atoms with Gasteiger partial charge in [0.2, 0.25) is 0 Å². The van der Waals surface area contributed by atoms with Gasteiger partial charge in [-0.25, -0.2) is 9.37 Å². The molecule has 0 aliphatic heterocycles. The lowest BCUT2D eigenvalue weighted by molar-refractivity contribution is 0.318. The highest BCUT2D eigenvalue weighted by Gasteiger charge is 2.10. The molecule has 3 N–H and O–H groups in total. The lowest BCUT2D eigenvalue weighted by Gasteiger charge is -2.09. The van der Waals surface area contributed by atoms with Crippen molar-refractivity contribution >= 4 is 5.84 Å². The molecule has 0 saturated heterocycles. The molecule has 0 amide bonds. The Bertz CT molecular complexity index is 592. The number of rotatable bonds is 3. The lowest BCUT2D eigenvalue weighted by atomic mass is 10.2. The Balaban J connectivity index is 2.48. The van der Waals surface area contributed by atoms with Gasteiger partial charge in [0.25, 0.3) is 0 Å². The normalized spacial score (nSPS) is 11.8. The molecule has 0 atom stereocenters. The zero-order chi connectivity index (χ0) is 13.1. The third-order valence-corrected chi connectivity index (χ3v) is 2.64. The van der Waals surface area contributed by atoms with Gasteiger partial charge in [0.1, 0.15) is 11.6 Å². The van der Waals surface area contributed by atoms with E-state index in [9.17, 15) is 4.39 Å². The van der Waals surface area contributed by atoms with Crippen LogP contribution in [0.5, 0.6) is 0 Å². The highest BCUT2D eigenvalue weighted by atomic mass is 19.1. The van der Waals surface area contributed by atoms with Crippen LogP contribution >= 0.6 is 0 Å². The first kappa shape index (κ1) is 12.1. The van der Waals surface area contributed by atoms with Crippen LogP contribution in [0.2, 0.25) is 0 Å². The van der Waals surface area contributed by atoms with Crippen molar-refractivity contribution in [3.05, 3.63) is 47.8 Å². The van der Waals surface area contributed by atoms with E-state index in [0.717, 1.165) is 5.82 Å². The maximum absolute atomic E-state index is 14.0. The molecule has 1 heterocycles. The van der Waals surface area contributed by atoms with Crippen LogP contribution in [0.3, 0.4) is 0 Å². The van der Waals surface area contributed by atoms with Gasteiger partial charge in [-0.15, -0.1) is 0 Å². The zero-order valence-electron chi connectivity index (χ0n) is 9.84. The molecule has 0 radical (unpaired) electrons. The standard InChI is InChI=1S/C12H13FN4O/c1-2-11-15-5-6-17(11)10-4-3-8(7-9(10)13)12(14)16-18/h3-7,18H,2H2,1H3,(H2,14,16). The van der Waals surface area contributed by atoms with Gasteiger partial charge in [-0.05, 0) is 18.2 Å². The Labute approximate surface area is 103 Å². The highest BCUT2D eigenvalue weighted by molar-refractivity contribution is 5.97. The molecule has 2 aromatic rings. The van der Waals surface area contributed by atoms with Crippen molar-refractivity contribution in [2.24, 2.45) is 10.9 Å².